The number of unbranched alkanes of at least 4 members (excludes halogenated alkanes) is 1. The van der Waals surface area contributed by atoms with Crippen molar-refractivity contribution in [3.63, 3.8) is 0 Å². The SMILES string of the molecule is NCCOCCOCC(=O)NCCOCCOCC(=O)NC(CCCCNC(=O)CN)C(=O)O. The molecule has 3 amide bonds. The van der Waals surface area contributed by atoms with E-state index in [-0.39, 0.29) is 57.8 Å². The summed E-state index contributed by atoms with van der Waals surface area (Å²) in [6, 6.07) is -1.04. The van der Waals surface area contributed by atoms with E-state index in [0.29, 0.717) is 52.3 Å². The lowest BCUT2D eigenvalue weighted by Crippen LogP contribution is -2.42. The van der Waals surface area contributed by atoms with Gasteiger partial charge in [0, 0.05) is 19.6 Å². The minimum atomic E-state index is -1.14. The molecule has 0 rings (SSSR count). The normalized spacial score (nSPS) is 11.6. The van der Waals surface area contributed by atoms with Crippen LogP contribution in [0, 0.1) is 0 Å². The Kier molecular flexibility index (Phi) is 20.9. The number of carbonyl (C=O) groups excluding carboxylic acids is 3. The molecule has 0 fully saturated rings. The second kappa shape index (κ2) is 22.4. The van der Waals surface area contributed by atoms with Crippen molar-refractivity contribution < 1.29 is 43.2 Å². The Bertz CT molecular complexity index is 581. The largest absolute Gasteiger partial charge is 0.480 e. The van der Waals surface area contributed by atoms with Crippen molar-refractivity contribution in [3.8, 4) is 0 Å². The van der Waals surface area contributed by atoms with Gasteiger partial charge in [-0.15, -0.1) is 0 Å². The fourth-order valence-corrected chi connectivity index (χ4v) is 2.43. The molecule has 0 spiro atoms. The Labute approximate surface area is 199 Å². The number of nitrogens with one attached hydrogen (secondary N) is 3. The van der Waals surface area contributed by atoms with Gasteiger partial charge in [0.25, 0.3) is 0 Å². The maximum atomic E-state index is 11.9. The molecule has 0 bridgehead atoms. The van der Waals surface area contributed by atoms with Gasteiger partial charge in [0.15, 0.2) is 0 Å². The zero-order valence-corrected chi connectivity index (χ0v) is 19.6. The number of carboxylic acids is 1. The number of ether oxygens (including phenoxy) is 4. The molecule has 0 aromatic heterocycles. The van der Waals surface area contributed by atoms with Crippen molar-refractivity contribution in [1.82, 2.24) is 16.0 Å². The average molecular weight is 494 g/mol. The van der Waals surface area contributed by atoms with Gasteiger partial charge in [0.1, 0.15) is 19.3 Å². The fraction of sp³-hybridized carbons (Fsp3) is 0.800. The second-order valence-electron chi connectivity index (χ2n) is 6.98. The van der Waals surface area contributed by atoms with Crippen LogP contribution >= 0.6 is 0 Å². The van der Waals surface area contributed by atoms with Crippen LogP contribution < -0.4 is 27.4 Å². The predicted molar refractivity (Wildman–Crippen MR) is 121 cm³/mol. The number of rotatable bonds is 23. The molecular formula is C20H39N5O9. The number of aliphatic carboxylic acids is 1. The van der Waals surface area contributed by atoms with E-state index in [0.717, 1.165) is 0 Å². The quantitative estimate of drug-likeness (QED) is 0.0786. The Morgan fingerprint density at radius 3 is 1.91 bits per heavy atom. The van der Waals surface area contributed by atoms with Gasteiger partial charge in [-0.2, -0.15) is 0 Å². The van der Waals surface area contributed by atoms with Crippen LogP contribution in [0.15, 0.2) is 0 Å². The Morgan fingerprint density at radius 1 is 0.706 bits per heavy atom. The van der Waals surface area contributed by atoms with Crippen LogP contribution in [0.1, 0.15) is 19.3 Å². The van der Waals surface area contributed by atoms with E-state index in [4.69, 9.17) is 30.4 Å². The first-order valence-electron chi connectivity index (χ1n) is 11.2. The topological polar surface area (TPSA) is 214 Å². The van der Waals surface area contributed by atoms with E-state index in [1.807, 2.05) is 0 Å². The van der Waals surface area contributed by atoms with Gasteiger partial charge in [0.2, 0.25) is 17.7 Å². The van der Waals surface area contributed by atoms with E-state index in [1.165, 1.54) is 0 Å². The van der Waals surface area contributed by atoms with Crippen LogP contribution in [0.2, 0.25) is 0 Å². The smallest absolute Gasteiger partial charge is 0.326 e. The summed E-state index contributed by atoms with van der Waals surface area (Å²) in [5.74, 6) is -2.25. The van der Waals surface area contributed by atoms with Crippen LogP contribution in [-0.4, -0.2) is 114 Å². The number of amides is 3. The molecule has 0 aromatic carbocycles. The third-order valence-corrected chi connectivity index (χ3v) is 4.10. The maximum absolute atomic E-state index is 11.9. The molecule has 0 saturated heterocycles. The Hall–Kier alpha value is -2.36. The van der Waals surface area contributed by atoms with Crippen molar-refractivity contribution in [2.24, 2.45) is 11.5 Å². The van der Waals surface area contributed by atoms with Crippen molar-refractivity contribution in [3.05, 3.63) is 0 Å². The molecule has 1 unspecified atom stereocenters. The first kappa shape index (κ1) is 31.6. The molecular weight excluding hydrogens is 454 g/mol. The molecule has 0 aromatic rings. The lowest BCUT2D eigenvalue weighted by Gasteiger charge is -2.14. The highest BCUT2D eigenvalue weighted by atomic mass is 16.5. The van der Waals surface area contributed by atoms with Crippen LogP contribution in [0.4, 0.5) is 0 Å². The van der Waals surface area contributed by atoms with E-state index in [2.05, 4.69) is 16.0 Å². The number of carbonyl (C=O) groups is 4. The number of carboxylic acid groups (broad SMARTS) is 1. The zero-order chi connectivity index (χ0) is 25.4. The molecule has 14 nitrogen and oxygen atoms in total. The van der Waals surface area contributed by atoms with Crippen molar-refractivity contribution in [1.29, 1.82) is 0 Å². The fourth-order valence-electron chi connectivity index (χ4n) is 2.43. The lowest BCUT2D eigenvalue weighted by molar-refractivity contribution is -0.142. The number of nitrogens with two attached hydrogens (primary N) is 2. The molecule has 0 aliphatic heterocycles. The standard InChI is InChI=1S/C20H39N5O9/c21-4-7-31-9-11-33-14-18(27)24-6-8-32-10-12-34-15-19(28)25-16(20(29)30)3-1-2-5-23-17(26)13-22/h16H,1-15,21-22H2,(H,23,26)(H,24,27)(H,25,28)(H,29,30). The lowest BCUT2D eigenvalue weighted by atomic mass is 10.1. The van der Waals surface area contributed by atoms with Gasteiger partial charge in [-0.3, -0.25) is 14.4 Å². The monoisotopic (exact) mass is 493 g/mol. The molecule has 198 valence electrons. The predicted octanol–water partition coefficient (Wildman–Crippen LogP) is -3.06. The number of hydrogen-bond donors (Lipinski definition) is 6. The molecule has 34 heavy (non-hydrogen) atoms. The van der Waals surface area contributed by atoms with E-state index in [1.54, 1.807) is 0 Å². The van der Waals surface area contributed by atoms with Gasteiger partial charge < -0.3 is 51.5 Å². The molecule has 0 heterocycles. The van der Waals surface area contributed by atoms with Gasteiger partial charge >= 0.3 is 5.97 Å². The van der Waals surface area contributed by atoms with Gasteiger partial charge in [-0.25, -0.2) is 4.79 Å². The third-order valence-electron chi connectivity index (χ3n) is 4.10. The molecule has 0 radical (unpaired) electrons. The van der Waals surface area contributed by atoms with Gasteiger partial charge in [-0.05, 0) is 19.3 Å². The van der Waals surface area contributed by atoms with Gasteiger partial charge in [-0.1, -0.05) is 0 Å². The van der Waals surface area contributed by atoms with Crippen LogP contribution in [0.25, 0.3) is 0 Å². The minimum Gasteiger partial charge on any atom is -0.480 e. The molecule has 1 atom stereocenters. The first-order valence-corrected chi connectivity index (χ1v) is 11.2. The summed E-state index contributed by atoms with van der Waals surface area (Å²) in [6.45, 7) is 2.36. The van der Waals surface area contributed by atoms with Gasteiger partial charge in [0.05, 0.1) is 46.2 Å². The average Bonchev–Trinajstić information content (AvgIpc) is 2.81. The highest BCUT2D eigenvalue weighted by molar-refractivity contribution is 5.84. The minimum absolute atomic E-state index is 0.0770. The summed E-state index contributed by atoms with van der Waals surface area (Å²) in [5, 5.41) is 16.8. The summed E-state index contributed by atoms with van der Waals surface area (Å²) in [7, 11) is 0. The van der Waals surface area contributed by atoms with Crippen molar-refractivity contribution in [2.75, 3.05) is 79.0 Å². The van der Waals surface area contributed by atoms with E-state index < -0.39 is 17.9 Å². The highest BCUT2D eigenvalue weighted by Crippen LogP contribution is 2.01. The summed E-state index contributed by atoms with van der Waals surface area (Å²) in [6.07, 6.45) is 1.29. The summed E-state index contributed by atoms with van der Waals surface area (Å²) in [4.78, 5) is 45.7. The zero-order valence-electron chi connectivity index (χ0n) is 19.6. The van der Waals surface area contributed by atoms with Crippen LogP contribution in [0.5, 0.6) is 0 Å². The Balaban J connectivity index is 3.67. The third kappa shape index (κ3) is 20.3. The van der Waals surface area contributed by atoms with Crippen molar-refractivity contribution in [2.45, 2.75) is 25.3 Å². The summed E-state index contributed by atoms with van der Waals surface area (Å²) in [5.41, 5.74) is 10.4. The highest BCUT2D eigenvalue weighted by Gasteiger charge is 2.19. The molecule has 8 N–H and O–H groups in total. The first-order chi connectivity index (χ1) is 16.4. The summed E-state index contributed by atoms with van der Waals surface area (Å²) >= 11 is 0. The molecule has 0 aliphatic rings. The number of hydrogen-bond acceptors (Lipinski definition) is 10. The van der Waals surface area contributed by atoms with E-state index in [9.17, 15) is 24.3 Å². The molecule has 0 saturated carbocycles. The molecule has 0 aliphatic carbocycles. The van der Waals surface area contributed by atoms with Crippen LogP contribution in [-0.2, 0) is 38.1 Å². The van der Waals surface area contributed by atoms with E-state index >= 15 is 0 Å². The Morgan fingerprint density at radius 2 is 1.29 bits per heavy atom. The molecule has 14 heteroatoms. The van der Waals surface area contributed by atoms with Crippen LogP contribution in [0.3, 0.4) is 0 Å². The maximum Gasteiger partial charge on any atom is 0.326 e. The van der Waals surface area contributed by atoms with Crippen molar-refractivity contribution >= 4 is 23.7 Å². The second-order valence-corrected chi connectivity index (χ2v) is 6.98. The summed E-state index contributed by atoms with van der Waals surface area (Å²) < 4.78 is 20.7.